The lowest BCUT2D eigenvalue weighted by molar-refractivity contribution is 0.0696. The molecule has 4 nitrogen and oxygen atoms in total. The molecule has 19 heavy (non-hydrogen) atoms. The third-order valence-electron chi connectivity index (χ3n) is 2.69. The molecule has 6 heteroatoms. The second kappa shape index (κ2) is 5.90. The Labute approximate surface area is 113 Å². The average Bonchev–Trinajstić information content (AvgIpc) is 2.86. The molecule has 0 bridgehead atoms. The normalized spacial score (nSPS) is 12.3. The first-order valence-electron chi connectivity index (χ1n) is 5.73. The molecule has 0 spiro atoms. The van der Waals surface area contributed by atoms with Gasteiger partial charge in [-0.1, -0.05) is 12.1 Å². The van der Waals surface area contributed by atoms with Gasteiger partial charge in [0, 0.05) is 18.0 Å². The highest BCUT2D eigenvalue weighted by molar-refractivity contribution is 7.11. The van der Waals surface area contributed by atoms with Gasteiger partial charge in [0.15, 0.2) is 0 Å². The van der Waals surface area contributed by atoms with Crippen molar-refractivity contribution < 1.29 is 14.3 Å². The summed E-state index contributed by atoms with van der Waals surface area (Å²) >= 11 is 1.11. The van der Waals surface area contributed by atoms with E-state index in [1.807, 2.05) is 6.92 Å². The lowest BCUT2D eigenvalue weighted by Crippen LogP contribution is -2.18. The molecule has 100 valence electrons. The Morgan fingerprint density at radius 2 is 2.16 bits per heavy atom. The molecule has 0 radical (unpaired) electrons. The first kappa shape index (κ1) is 13.6. The number of aromatic carboxylic acids is 1. The molecule has 1 heterocycles. The maximum Gasteiger partial charge on any atom is 0.365 e. The van der Waals surface area contributed by atoms with Crippen molar-refractivity contribution in [2.24, 2.45) is 0 Å². The van der Waals surface area contributed by atoms with Gasteiger partial charge in [-0.2, -0.15) is 0 Å². The molecule has 0 aliphatic carbocycles. The fourth-order valence-electron chi connectivity index (χ4n) is 1.61. The van der Waals surface area contributed by atoms with E-state index in [9.17, 15) is 9.18 Å². The summed E-state index contributed by atoms with van der Waals surface area (Å²) < 4.78 is 12.8. The maximum absolute atomic E-state index is 12.8. The summed E-state index contributed by atoms with van der Waals surface area (Å²) in [6.07, 6.45) is 0. The van der Waals surface area contributed by atoms with E-state index in [1.165, 1.54) is 12.1 Å². The molecule has 0 saturated carbocycles. The van der Waals surface area contributed by atoms with E-state index in [4.69, 9.17) is 5.11 Å². The highest BCUT2D eigenvalue weighted by Crippen LogP contribution is 2.15. The molecule has 0 amide bonds. The number of hydrogen-bond donors (Lipinski definition) is 2. The van der Waals surface area contributed by atoms with Crippen LogP contribution in [-0.4, -0.2) is 16.1 Å². The van der Waals surface area contributed by atoms with Crippen molar-refractivity contribution >= 4 is 17.3 Å². The second-order valence-electron chi connectivity index (χ2n) is 4.10. The monoisotopic (exact) mass is 280 g/mol. The molecule has 2 rings (SSSR count). The van der Waals surface area contributed by atoms with E-state index in [2.05, 4.69) is 10.3 Å². The predicted molar refractivity (Wildman–Crippen MR) is 70.7 cm³/mol. The molecule has 0 unspecified atom stereocenters. The zero-order valence-electron chi connectivity index (χ0n) is 10.3. The third kappa shape index (κ3) is 3.59. The Balaban J connectivity index is 1.94. The molecule has 0 aliphatic heterocycles. The van der Waals surface area contributed by atoms with Gasteiger partial charge >= 0.3 is 5.97 Å². The third-order valence-corrected chi connectivity index (χ3v) is 3.57. The molecule has 1 aromatic carbocycles. The van der Waals surface area contributed by atoms with Gasteiger partial charge in [-0.3, -0.25) is 0 Å². The van der Waals surface area contributed by atoms with Crippen molar-refractivity contribution in [3.63, 3.8) is 0 Å². The summed E-state index contributed by atoms with van der Waals surface area (Å²) in [7, 11) is 0. The van der Waals surface area contributed by atoms with Crippen LogP contribution in [0.3, 0.4) is 0 Å². The highest BCUT2D eigenvalue weighted by Gasteiger charge is 2.10. The molecular formula is C13H13FN2O2S. The van der Waals surface area contributed by atoms with E-state index < -0.39 is 5.97 Å². The predicted octanol–water partition coefficient (Wildman–Crippen LogP) is 2.83. The summed E-state index contributed by atoms with van der Waals surface area (Å²) in [5, 5.41) is 13.8. The minimum Gasteiger partial charge on any atom is -0.476 e. The van der Waals surface area contributed by atoms with Crippen LogP contribution in [0, 0.1) is 5.82 Å². The van der Waals surface area contributed by atoms with E-state index in [0.717, 1.165) is 16.9 Å². The Morgan fingerprint density at radius 3 is 2.74 bits per heavy atom. The summed E-state index contributed by atoms with van der Waals surface area (Å²) in [5.41, 5.74) is 1.66. The van der Waals surface area contributed by atoms with E-state index in [-0.39, 0.29) is 16.9 Å². The molecule has 2 N–H and O–H groups in total. The quantitative estimate of drug-likeness (QED) is 0.884. The van der Waals surface area contributed by atoms with E-state index in [0.29, 0.717) is 12.2 Å². The molecule has 2 aromatic rings. The minimum absolute atomic E-state index is 0.0376. The molecule has 0 aliphatic rings. The Kier molecular flexibility index (Phi) is 4.24. The summed E-state index contributed by atoms with van der Waals surface area (Å²) in [6.45, 7) is 2.43. The second-order valence-corrected chi connectivity index (χ2v) is 4.96. The number of aromatic nitrogens is 1. The van der Waals surface area contributed by atoms with Crippen molar-refractivity contribution in [2.75, 3.05) is 0 Å². The Hall–Kier alpha value is -1.79. The van der Waals surface area contributed by atoms with Crippen LogP contribution in [-0.2, 0) is 6.54 Å². The first-order chi connectivity index (χ1) is 9.06. The van der Waals surface area contributed by atoms with Gasteiger partial charge in [0.05, 0.1) is 5.69 Å². The maximum atomic E-state index is 12.8. The van der Waals surface area contributed by atoms with Gasteiger partial charge in [-0.25, -0.2) is 14.2 Å². The zero-order valence-corrected chi connectivity index (χ0v) is 11.1. The summed E-state index contributed by atoms with van der Waals surface area (Å²) in [5.74, 6) is -1.27. The average molecular weight is 280 g/mol. The van der Waals surface area contributed by atoms with Crippen molar-refractivity contribution in [1.82, 2.24) is 10.3 Å². The van der Waals surface area contributed by atoms with Crippen molar-refractivity contribution in [2.45, 2.75) is 19.5 Å². The van der Waals surface area contributed by atoms with Crippen LogP contribution in [0.2, 0.25) is 0 Å². The van der Waals surface area contributed by atoms with Gasteiger partial charge in [0.1, 0.15) is 5.82 Å². The standard InChI is InChI=1S/C13H13FN2O2S/c1-8(9-2-4-10(14)5-3-9)15-6-11-7-19-12(16-11)13(17)18/h2-5,7-8,15H,6H2,1H3,(H,17,18)/t8-/m0/s1. The number of thiazole rings is 1. The number of halogens is 1. The van der Waals surface area contributed by atoms with Crippen molar-refractivity contribution in [3.05, 3.63) is 51.7 Å². The fourth-order valence-corrected chi connectivity index (χ4v) is 2.27. The number of benzene rings is 1. The van der Waals surface area contributed by atoms with Crippen LogP contribution < -0.4 is 5.32 Å². The van der Waals surface area contributed by atoms with Gasteiger partial charge in [-0.15, -0.1) is 11.3 Å². The van der Waals surface area contributed by atoms with Crippen molar-refractivity contribution in [1.29, 1.82) is 0 Å². The van der Waals surface area contributed by atoms with Crippen LogP contribution in [0.5, 0.6) is 0 Å². The van der Waals surface area contributed by atoms with Crippen molar-refractivity contribution in [3.8, 4) is 0 Å². The Bertz CT molecular complexity index is 568. The minimum atomic E-state index is -1.01. The number of hydrogen-bond acceptors (Lipinski definition) is 4. The number of carboxylic acids is 1. The number of carboxylic acid groups (broad SMARTS) is 1. The first-order valence-corrected chi connectivity index (χ1v) is 6.61. The summed E-state index contributed by atoms with van der Waals surface area (Å²) in [6, 6.07) is 6.31. The smallest absolute Gasteiger partial charge is 0.365 e. The summed E-state index contributed by atoms with van der Waals surface area (Å²) in [4.78, 5) is 14.7. The van der Waals surface area contributed by atoms with Crippen LogP contribution in [0.4, 0.5) is 4.39 Å². The number of nitrogens with one attached hydrogen (secondary N) is 1. The van der Waals surface area contributed by atoms with E-state index in [1.54, 1.807) is 17.5 Å². The van der Waals surface area contributed by atoms with Crippen LogP contribution >= 0.6 is 11.3 Å². The molecule has 0 saturated heterocycles. The number of carbonyl (C=O) groups is 1. The Morgan fingerprint density at radius 1 is 1.47 bits per heavy atom. The molecule has 1 aromatic heterocycles. The van der Waals surface area contributed by atoms with Gasteiger partial charge in [-0.05, 0) is 24.6 Å². The number of rotatable bonds is 5. The number of nitrogens with zero attached hydrogens (tertiary/aromatic N) is 1. The lowest BCUT2D eigenvalue weighted by atomic mass is 10.1. The molecular weight excluding hydrogens is 267 g/mol. The van der Waals surface area contributed by atoms with Gasteiger partial charge in [0.25, 0.3) is 0 Å². The molecule has 0 fully saturated rings. The highest BCUT2D eigenvalue weighted by atomic mass is 32.1. The SMILES string of the molecule is C[C@H](NCc1csc(C(=O)O)n1)c1ccc(F)cc1. The zero-order chi connectivity index (χ0) is 13.8. The molecule has 1 atom stereocenters. The van der Waals surface area contributed by atoms with Crippen LogP contribution in [0.1, 0.15) is 34.0 Å². The fraction of sp³-hybridized carbons (Fsp3) is 0.231. The lowest BCUT2D eigenvalue weighted by Gasteiger charge is -2.13. The topological polar surface area (TPSA) is 62.2 Å². The largest absolute Gasteiger partial charge is 0.476 e. The van der Waals surface area contributed by atoms with E-state index >= 15 is 0 Å². The van der Waals surface area contributed by atoms with Gasteiger partial charge < -0.3 is 10.4 Å². The van der Waals surface area contributed by atoms with Crippen LogP contribution in [0.15, 0.2) is 29.6 Å². The van der Waals surface area contributed by atoms with Gasteiger partial charge in [0.2, 0.25) is 5.01 Å². The van der Waals surface area contributed by atoms with Crippen LogP contribution in [0.25, 0.3) is 0 Å².